The number of nitrogens with one attached hydrogen (secondary N) is 1. The Balaban J connectivity index is 1.65. The molecule has 5 nitrogen and oxygen atoms in total. The molecule has 0 spiro atoms. The first-order valence-corrected chi connectivity index (χ1v) is 12.4. The number of hydrogen-bond acceptors (Lipinski definition) is 4. The molecule has 1 N–H and O–H groups in total. The molecule has 0 unspecified atom stereocenters. The summed E-state index contributed by atoms with van der Waals surface area (Å²) in [4.78, 5) is 14.6. The summed E-state index contributed by atoms with van der Waals surface area (Å²) in [7, 11) is 0. The predicted molar refractivity (Wildman–Crippen MR) is 143 cm³/mol. The first kappa shape index (κ1) is 21.8. The molecule has 6 heteroatoms. The van der Waals surface area contributed by atoms with Gasteiger partial charge in [0, 0.05) is 16.9 Å². The van der Waals surface area contributed by atoms with Crippen LogP contribution in [0.3, 0.4) is 0 Å². The van der Waals surface area contributed by atoms with Gasteiger partial charge in [0.1, 0.15) is 0 Å². The SMILES string of the molecule is Cc1ccc2nc3cc(Nc4cccnc4C)/c(=N/C4CCC4)cc-3n(-c3ccc(Cl)cc3)c2c1. The molecule has 0 bridgehead atoms. The van der Waals surface area contributed by atoms with Gasteiger partial charge in [-0.25, -0.2) is 4.98 Å². The summed E-state index contributed by atoms with van der Waals surface area (Å²) in [6, 6.07) is 23.0. The van der Waals surface area contributed by atoms with Gasteiger partial charge in [0.15, 0.2) is 0 Å². The number of anilines is 2. The lowest BCUT2D eigenvalue weighted by Crippen LogP contribution is -2.22. The number of aryl methyl sites for hydroxylation is 2. The largest absolute Gasteiger partial charge is 0.352 e. The van der Waals surface area contributed by atoms with Crippen LogP contribution in [-0.2, 0) is 0 Å². The van der Waals surface area contributed by atoms with E-state index in [1.165, 1.54) is 12.0 Å². The molecular weight excluding hydrogens is 454 g/mol. The molecule has 0 atom stereocenters. The number of pyridine rings is 1. The van der Waals surface area contributed by atoms with Crippen molar-refractivity contribution in [1.82, 2.24) is 14.5 Å². The van der Waals surface area contributed by atoms with Crippen molar-refractivity contribution in [3.8, 4) is 17.1 Å². The Hall–Kier alpha value is -3.70. The van der Waals surface area contributed by atoms with Crippen LogP contribution in [0.2, 0.25) is 5.02 Å². The van der Waals surface area contributed by atoms with Crippen molar-refractivity contribution in [2.45, 2.75) is 39.2 Å². The Bertz CT molecular complexity index is 1580. The van der Waals surface area contributed by atoms with E-state index in [9.17, 15) is 0 Å². The summed E-state index contributed by atoms with van der Waals surface area (Å²) in [6.07, 6.45) is 5.32. The number of aromatic nitrogens is 3. The Labute approximate surface area is 209 Å². The van der Waals surface area contributed by atoms with Gasteiger partial charge in [-0.05, 0) is 99.3 Å². The van der Waals surface area contributed by atoms with Gasteiger partial charge >= 0.3 is 0 Å². The van der Waals surface area contributed by atoms with Crippen molar-refractivity contribution in [2.24, 2.45) is 4.99 Å². The number of benzene rings is 3. The quantitative estimate of drug-likeness (QED) is 0.282. The van der Waals surface area contributed by atoms with Gasteiger partial charge in [-0.15, -0.1) is 0 Å². The molecule has 2 aliphatic carbocycles. The Morgan fingerprint density at radius 3 is 2.54 bits per heavy atom. The van der Waals surface area contributed by atoms with E-state index < -0.39 is 0 Å². The molecule has 1 aliphatic heterocycles. The van der Waals surface area contributed by atoms with Gasteiger partial charge in [-0.1, -0.05) is 17.7 Å². The molecular formula is C29H26ClN5. The van der Waals surface area contributed by atoms with E-state index in [1.807, 2.05) is 37.4 Å². The van der Waals surface area contributed by atoms with Gasteiger partial charge < -0.3 is 9.88 Å². The lowest BCUT2D eigenvalue weighted by Gasteiger charge is -2.23. The highest BCUT2D eigenvalue weighted by Crippen LogP contribution is 2.32. The lowest BCUT2D eigenvalue weighted by molar-refractivity contribution is 0.413. The van der Waals surface area contributed by atoms with Crippen molar-refractivity contribution in [1.29, 1.82) is 0 Å². The molecule has 1 fully saturated rings. The van der Waals surface area contributed by atoms with Crippen LogP contribution in [0.15, 0.2) is 77.9 Å². The van der Waals surface area contributed by atoms with Crippen LogP contribution in [0.4, 0.5) is 11.4 Å². The number of hydrogen-bond donors (Lipinski definition) is 1. The summed E-state index contributed by atoms with van der Waals surface area (Å²) >= 11 is 6.23. The van der Waals surface area contributed by atoms with Gasteiger partial charge in [-0.3, -0.25) is 9.98 Å². The summed E-state index contributed by atoms with van der Waals surface area (Å²) in [5.41, 5.74) is 8.98. The number of rotatable bonds is 4. The maximum atomic E-state index is 6.23. The zero-order valence-electron chi connectivity index (χ0n) is 19.8. The van der Waals surface area contributed by atoms with Gasteiger partial charge in [0.25, 0.3) is 0 Å². The second kappa shape index (κ2) is 8.82. The van der Waals surface area contributed by atoms with Crippen molar-refractivity contribution in [2.75, 3.05) is 5.32 Å². The molecule has 2 heterocycles. The summed E-state index contributed by atoms with van der Waals surface area (Å²) in [5.74, 6) is 0. The predicted octanol–water partition coefficient (Wildman–Crippen LogP) is 6.99. The minimum Gasteiger partial charge on any atom is -0.352 e. The highest BCUT2D eigenvalue weighted by Gasteiger charge is 2.20. The number of nitrogens with zero attached hydrogens (tertiary/aromatic N) is 4. The van der Waals surface area contributed by atoms with Crippen LogP contribution in [0, 0.1) is 13.8 Å². The topological polar surface area (TPSA) is 55.1 Å². The zero-order chi connectivity index (χ0) is 23.9. The second-order valence-corrected chi connectivity index (χ2v) is 9.69. The molecule has 2 aromatic carbocycles. The van der Waals surface area contributed by atoms with E-state index in [1.54, 1.807) is 0 Å². The minimum absolute atomic E-state index is 0.364. The third kappa shape index (κ3) is 4.17. The molecule has 174 valence electrons. The average molecular weight is 480 g/mol. The fraction of sp³-hybridized carbons (Fsp3) is 0.207. The maximum absolute atomic E-state index is 6.23. The Morgan fingerprint density at radius 2 is 1.80 bits per heavy atom. The smallest absolute Gasteiger partial charge is 0.0900 e. The van der Waals surface area contributed by atoms with E-state index in [0.29, 0.717) is 11.1 Å². The number of halogens is 1. The fourth-order valence-electron chi connectivity index (χ4n) is 4.55. The van der Waals surface area contributed by atoms with E-state index in [-0.39, 0.29) is 0 Å². The molecule has 0 radical (unpaired) electrons. The third-order valence-electron chi connectivity index (χ3n) is 6.70. The van der Waals surface area contributed by atoms with Gasteiger partial charge in [0.05, 0.1) is 50.9 Å². The van der Waals surface area contributed by atoms with Crippen LogP contribution in [0.25, 0.3) is 28.1 Å². The Kier molecular flexibility index (Phi) is 5.50. The highest BCUT2D eigenvalue weighted by atomic mass is 35.5. The van der Waals surface area contributed by atoms with Crippen LogP contribution < -0.4 is 10.7 Å². The summed E-state index contributed by atoms with van der Waals surface area (Å²) in [6.45, 7) is 4.12. The normalized spacial score (nSPS) is 14.4. The molecule has 3 aromatic rings. The Morgan fingerprint density at radius 1 is 0.971 bits per heavy atom. The molecule has 0 amide bonds. The first-order valence-electron chi connectivity index (χ1n) is 12.0. The number of fused-ring (bicyclic) bond motifs is 2. The summed E-state index contributed by atoms with van der Waals surface area (Å²) < 4.78 is 2.26. The molecule has 3 aliphatic rings. The highest BCUT2D eigenvalue weighted by molar-refractivity contribution is 6.30. The standard InChI is InChI=1S/C29H26ClN5/c1-18-8-13-24-28(15-18)35(22-11-9-20(30)10-12-22)29-17-26(32-21-5-3-6-21)25(16-27(29)34-24)33-23-7-4-14-31-19(23)2/h4,7-17,21,33H,3,5-6H2,1-2H3/b32-26+. The minimum atomic E-state index is 0.364. The van der Waals surface area contributed by atoms with Crippen molar-refractivity contribution < 1.29 is 0 Å². The van der Waals surface area contributed by atoms with Crippen molar-refractivity contribution >= 4 is 34.0 Å². The van der Waals surface area contributed by atoms with E-state index >= 15 is 0 Å². The maximum Gasteiger partial charge on any atom is 0.0900 e. The summed E-state index contributed by atoms with van der Waals surface area (Å²) in [5, 5.41) is 5.25. The van der Waals surface area contributed by atoms with Crippen LogP contribution in [0.1, 0.15) is 30.5 Å². The fourth-order valence-corrected chi connectivity index (χ4v) is 4.68. The molecule has 1 saturated carbocycles. The van der Waals surface area contributed by atoms with E-state index in [4.69, 9.17) is 21.6 Å². The zero-order valence-corrected chi connectivity index (χ0v) is 20.5. The molecule has 0 saturated heterocycles. The van der Waals surface area contributed by atoms with Gasteiger partial charge in [0.2, 0.25) is 0 Å². The first-order chi connectivity index (χ1) is 17.0. The third-order valence-corrected chi connectivity index (χ3v) is 6.96. The van der Waals surface area contributed by atoms with Crippen molar-refractivity contribution in [3.63, 3.8) is 0 Å². The molecule has 6 rings (SSSR count). The average Bonchev–Trinajstić information content (AvgIpc) is 2.82. The van der Waals surface area contributed by atoms with Crippen molar-refractivity contribution in [3.05, 3.63) is 94.6 Å². The van der Waals surface area contributed by atoms with E-state index in [2.05, 4.69) is 64.3 Å². The van der Waals surface area contributed by atoms with Gasteiger partial charge in [-0.2, -0.15) is 0 Å². The molecule has 35 heavy (non-hydrogen) atoms. The van der Waals surface area contributed by atoms with Crippen LogP contribution in [0.5, 0.6) is 0 Å². The van der Waals surface area contributed by atoms with E-state index in [0.717, 1.165) is 63.4 Å². The molecule has 1 aromatic heterocycles. The van der Waals surface area contributed by atoms with Crippen LogP contribution in [-0.4, -0.2) is 20.6 Å². The van der Waals surface area contributed by atoms with Crippen LogP contribution >= 0.6 is 11.6 Å². The monoisotopic (exact) mass is 479 g/mol. The second-order valence-electron chi connectivity index (χ2n) is 9.25. The lowest BCUT2D eigenvalue weighted by atomic mass is 9.94.